The summed E-state index contributed by atoms with van der Waals surface area (Å²) < 4.78 is 5.16. The summed E-state index contributed by atoms with van der Waals surface area (Å²) in [7, 11) is 1.67. The smallest absolute Gasteiger partial charge is 0.249 e. The third-order valence-electron chi connectivity index (χ3n) is 5.28. The number of carbonyl (C=O) groups is 2. The van der Waals surface area contributed by atoms with Crippen LogP contribution in [0.5, 0.6) is 0 Å². The molecule has 2 atom stereocenters. The molecule has 1 aliphatic heterocycles. The highest BCUT2D eigenvalue weighted by atomic mass is 16.5. The molecule has 5 heteroatoms. The Morgan fingerprint density at radius 3 is 2.48 bits per heavy atom. The standard InChI is InChI=1S/C16H28N2O3/c1-5-15(3)14(20)18(12(2)8-11-21-4)16(13(19)17-15)9-6-7-10-16/h12H,5-11H2,1-4H3,(H,17,19). The van der Waals surface area contributed by atoms with Gasteiger partial charge in [-0.25, -0.2) is 0 Å². The highest BCUT2D eigenvalue weighted by Crippen LogP contribution is 2.42. The highest BCUT2D eigenvalue weighted by Gasteiger charge is 2.58. The second kappa shape index (κ2) is 5.95. The second-order valence-corrected chi connectivity index (χ2v) is 6.68. The molecule has 21 heavy (non-hydrogen) atoms. The fourth-order valence-electron chi connectivity index (χ4n) is 3.70. The Kier molecular flexibility index (Phi) is 4.61. The van der Waals surface area contributed by atoms with Gasteiger partial charge in [0, 0.05) is 19.8 Å². The van der Waals surface area contributed by atoms with Crippen molar-refractivity contribution in [2.45, 2.75) is 76.4 Å². The maximum Gasteiger partial charge on any atom is 0.249 e. The quantitative estimate of drug-likeness (QED) is 0.842. The normalized spacial score (nSPS) is 29.8. The minimum Gasteiger partial charge on any atom is -0.385 e. The van der Waals surface area contributed by atoms with Crippen LogP contribution in [0.15, 0.2) is 0 Å². The van der Waals surface area contributed by atoms with Crippen LogP contribution < -0.4 is 5.32 Å². The van der Waals surface area contributed by atoms with Crippen LogP contribution in [0.1, 0.15) is 59.3 Å². The number of methoxy groups -OCH3 is 1. The van der Waals surface area contributed by atoms with Gasteiger partial charge in [-0.1, -0.05) is 19.8 Å². The first kappa shape index (κ1) is 16.3. The Hall–Kier alpha value is -1.10. The molecule has 0 radical (unpaired) electrons. The molecule has 2 rings (SSSR count). The Bertz CT molecular complexity index is 418. The SMILES string of the molecule is CCC1(C)NC(=O)C2(CCCC2)N(C(C)CCOC)C1=O. The molecule has 0 aromatic heterocycles. The molecule has 1 aliphatic carbocycles. The monoisotopic (exact) mass is 296 g/mol. The first-order valence-corrected chi connectivity index (χ1v) is 8.06. The van der Waals surface area contributed by atoms with Gasteiger partial charge < -0.3 is 15.0 Å². The molecule has 2 aliphatic rings. The van der Waals surface area contributed by atoms with E-state index in [1.54, 1.807) is 7.11 Å². The van der Waals surface area contributed by atoms with Gasteiger partial charge in [0.05, 0.1) is 0 Å². The van der Waals surface area contributed by atoms with Crippen LogP contribution >= 0.6 is 0 Å². The number of piperazine rings is 1. The highest BCUT2D eigenvalue weighted by molar-refractivity contribution is 6.02. The molecule has 0 bridgehead atoms. The third kappa shape index (κ3) is 2.56. The lowest BCUT2D eigenvalue weighted by Gasteiger charge is -2.52. The summed E-state index contributed by atoms with van der Waals surface area (Å²) in [5.74, 6) is 0.100. The number of rotatable bonds is 5. The van der Waals surface area contributed by atoms with E-state index in [2.05, 4.69) is 5.32 Å². The van der Waals surface area contributed by atoms with Crippen molar-refractivity contribution < 1.29 is 14.3 Å². The Balaban J connectivity index is 2.36. The molecule has 1 heterocycles. The Morgan fingerprint density at radius 2 is 1.95 bits per heavy atom. The minimum absolute atomic E-state index is 0.0208. The van der Waals surface area contributed by atoms with Gasteiger partial charge in [-0.3, -0.25) is 9.59 Å². The van der Waals surface area contributed by atoms with Gasteiger partial charge in [0.2, 0.25) is 11.8 Å². The van der Waals surface area contributed by atoms with E-state index in [1.165, 1.54) is 0 Å². The molecule has 120 valence electrons. The number of ether oxygens (including phenoxy) is 1. The molecule has 1 saturated carbocycles. The molecule has 1 spiro atoms. The Labute approximate surface area is 127 Å². The van der Waals surface area contributed by atoms with Gasteiger partial charge in [-0.05, 0) is 39.5 Å². The predicted molar refractivity (Wildman–Crippen MR) is 80.8 cm³/mol. The molecule has 1 saturated heterocycles. The summed E-state index contributed by atoms with van der Waals surface area (Å²) in [5.41, 5.74) is -1.40. The predicted octanol–water partition coefficient (Wildman–Crippen LogP) is 1.85. The van der Waals surface area contributed by atoms with E-state index < -0.39 is 11.1 Å². The fourth-order valence-corrected chi connectivity index (χ4v) is 3.70. The summed E-state index contributed by atoms with van der Waals surface area (Å²) >= 11 is 0. The van der Waals surface area contributed by atoms with E-state index in [-0.39, 0.29) is 17.9 Å². The average molecular weight is 296 g/mol. The van der Waals surface area contributed by atoms with Crippen LogP contribution in [0, 0.1) is 0 Å². The number of carbonyl (C=O) groups excluding carboxylic acids is 2. The van der Waals surface area contributed by atoms with Crippen molar-refractivity contribution in [1.29, 1.82) is 0 Å². The summed E-state index contributed by atoms with van der Waals surface area (Å²) in [5, 5.41) is 3.00. The van der Waals surface area contributed by atoms with E-state index in [4.69, 9.17) is 4.74 Å². The number of hydrogen-bond acceptors (Lipinski definition) is 3. The van der Waals surface area contributed by atoms with Gasteiger partial charge >= 0.3 is 0 Å². The van der Waals surface area contributed by atoms with E-state index in [9.17, 15) is 9.59 Å². The van der Waals surface area contributed by atoms with Crippen LogP contribution in [0.4, 0.5) is 0 Å². The summed E-state index contributed by atoms with van der Waals surface area (Å²) in [6.07, 6.45) is 4.95. The van der Waals surface area contributed by atoms with Crippen LogP contribution in [-0.4, -0.2) is 47.6 Å². The van der Waals surface area contributed by atoms with Crippen LogP contribution in [-0.2, 0) is 14.3 Å². The van der Waals surface area contributed by atoms with Crippen LogP contribution in [0.2, 0.25) is 0 Å². The van der Waals surface area contributed by atoms with E-state index in [1.807, 2.05) is 25.7 Å². The van der Waals surface area contributed by atoms with Gasteiger partial charge in [0.1, 0.15) is 11.1 Å². The topological polar surface area (TPSA) is 58.6 Å². The average Bonchev–Trinajstić information content (AvgIpc) is 2.94. The maximum absolute atomic E-state index is 13.1. The molecule has 0 aromatic carbocycles. The molecule has 5 nitrogen and oxygen atoms in total. The van der Waals surface area contributed by atoms with Gasteiger partial charge in [0.15, 0.2) is 0 Å². The number of nitrogens with zero attached hydrogens (tertiary/aromatic N) is 1. The summed E-state index contributed by atoms with van der Waals surface area (Å²) in [6.45, 7) is 6.42. The lowest BCUT2D eigenvalue weighted by molar-refractivity contribution is -0.166. The lowest BCUT2D eigenvalue weighted by atomic mass is 9.82. The van der Waals surface area contributed by atoms with Gasteiger partial charge in [0.25, 0.3) is 0 Å². The van der Waals surface area contributed by atoms with E-state index in [0.29, 0.717) is 13.0 Å². The summed E-state index contributed by atoms with van der Waals surface area (Å²) in [6, 6.07) is 0.0208. The molecular formula is C16H28N2O3. The lowest BCUT2D eigenvalue weighted by Crippen LogP contribution is -2.75. The Morgan fingerprint density at radius 1 is 1.33 bits per heavy atom. The second-order valence-electron chi connectivity index (χ2n) is 6.68. The molecule has 2 fully saturated rings. The van der Waals surface area contributed by atoms with Crippen LogP contribution in [0.25, 0.3) is 0 Å². The van der Waals surface area contributed by atoms with Crippen molar-refractivity contribution in [1.82, 2.24) is 10.2 Å². The van der Waals surface area contributed by atoms with Gasteiger partial charge in [-0.2, -0.15) is 0 Å². The number of amides is 2. The maximum atomic E-state index is 13.1. The zero-order chi connectivity index (χ0) is 15.7. The largest absolute Gasteiger partial charge is 0.385 e. The number of nitrogens with one attached hydrogen (secondary N) is 1. The van der Waals surface area contributed by atoms with Crippen molar-refractivity contribution in [3.8, 4) is 0 Å². The summed E-state index contributed by atoms with van der Waals surface area (Å²) in [4.78, 5) is 27.7. The zero-order valence-corrected chi connectivity index (χ0v) is 13.7. The third-order valence-corrected chi connectivity index (χ3v) is 5.28. The van der Waals surface area contributed by atoms with Crippen molar-refractivity contribution in [2.24, 2.45) is 0 Å². The van der Waals surface area contributed by atoms with Crippen LogP contribution in [0.3, 0.4) is 0 Å². The van der Waals surface area contributed by atoms with Crippen molar-refractivity contribution in [3.63, 3.8) is 0 Å². The molecule has 0 aromatic rings. The number of hydrogen-bond donors (Lipinski definition) is 1. The van der Waals surface area contributed by atoms with Gasteiger partial charge in [-0.15, -0.1) is 0 Å². The van der Waals surface area contributed by atoms with Crippen molar-refractivity contribution in [2.75, 3.05) is 13.7 Å². The zero-order valence-electron chi connectivity index (χ0n) is 13.7. The van der Waals surface area contributed by atoms with Crippen molar-refractivity contribution >= 4 is 11.8 Å². The molecule has 2 unspecified atom stereocenters. The van der Waals surface area contributed by atoms with Crippen molar-refractivity contribution in [3.05, 3.63) is 0 Å². The fraction of sp³-hybridized carbons (Fsp3) is 0.875. The minimum atomic E-state index is -0.772. The van der Waals surface area contributed by atoms with E-state index in [0.717, 1.165) is 32.1 Å². The molecule has 2 amide bonds. The molecular weight excluding hydrogens is 268 g/mol. The first-order valence-electron chi connectivity index (χ1n) is 8.06. The first-order chi connectivity index (χ1) is 9.91. The van der Waals surface area contributed by atoms with E-state index >= 15 is 0 Å². The molecule has 1 N–H and O–H groups in total.